The second kappa shape index (κ2) is 5.89. The number of aromatic nitrogens is 4. The molecule has 1 aromatic rings. The Morgan fingerprint density at radius 2 is 1.88 bits per heavy atom. The molecule has 0 bridgehead atoms. The van der Waals surface area contributed by atoms with E-state index >= 15 is 0 Å². The van der Waals surface area contributed by atoms with Crippen molar-refractivity contribution in [2.75, 3.05) is 27.1 Å². The molecule has 0 aliphatic carbocycles. The molecule has 1 heterocycles. The number of tetrazole rings is 1. The smallest absolute Gasteiger partial charge is 0.377 e. The van der Waals surface area contributed by atoms with Crippen LogP contribution in [0.1, 0.15) is 6.42 Å². The van der Waals surface area contributed by atoms with Crippen LogP contribution in [0.25, 0.3) is 0 Å². The highest BCUT2D eigenvalue weighted by Gasteiger charge is 2.36. The van der Waals surface area contributed by atoms with Gasteiger partial charge < -0.3 is 19.0 Å². The fourth-order valence-electron chi connectivity index (χ4n) is 1.37. The Labute approximate surface area is 95.0 Å². The summed E-state index contributed by atoms with van der Waals surface area (Å²) in [4.78, 5) is 0. The van der Waals surface area contributed by atoms with Gasteiger partial charge in [0, 0.05) is 33.9 Å². The molecule has 0 amide bonds. The number of nitrogens with zero attached hydrogens (tertiary/aromatic N) is 4. The van der Waals surface area contributed by atoms with Gasteiger partial charge in [0.05, 0.1) is 0 Å². The Bertz CT molecular complexity index is 308. The highest BCUT2D eigenvalue weighted by atomic mass is 28.4. The number of rotatable bonds is 7. The van der Waals surface area contributed by atoms with Gasteiger partial charge in [-0.1, -0.05) is 5.10 Å². The zero-order valence-electron chi connectivity index (χ0n) is 9.71. The zero-order valence-corrected chi connectivity index (χ0v) is 10.7. The number of nitrogens with two attached hydrogens (primary N) is 1. The van der Waals surface area contributed by atoms with Gasteiger partial charge in [0.1, 0.15) is 0 Å². The standard InChI is InChI=1S/C7H17N5O3Si/c1-13-16(14-2,15-3)6-4-5-12-7(8)9-10-11-12/h4-6H2,1-3H3,(H2,8,9,11). The molecular weight excluding hydrogens is 230 g/mol. The van der Waals surface area contributed by atoms with Crippen molar-refractivity contribution in [1.29, 1.82) is 0 Å². The summed E-state index contributed by atoms with van der Waals surface area (Å²) in [6, 6.07) is 0.690. The zero-order chi connectivity index (χ0) is 12.0. The molecule has 0 saturated carbocycles. The van der Waals surface area contributed by atoms with Crippen LogP contribution in [-0.4, -0.2) is 50.3 Å². The van der Waals surface area contributed by atoms with E-state index in [1.807, 2.05) is 0 Å². The van der Waals surface area contributed by atoms with E-state index in [-0.39, 0.29) is 0 Å². The van der Waals surface area contributed by atoms with Crippen LogP contribution in [0.3, 0.4) is 0 Å². The van der Waals surface area contributed by atoms with E-state index in [2.05, 4.69) is 15.5 Å². The minimum atomic E-state index is -2.49. The third-order valence-corrected chi connectivity index (χ3v) is 5.18. The van der Waals surface area contributed by atoms with E-state index in [4.69, 9.17) is 19.0 Å². The average Bonchev–Trinajstić information content (AvgIpc) is 2.71. The molecule has 1 aromatic heterocycles. The van der Waals surface area contributed by atoms with Crippen LogP contribution >= 0.6 is 0 Å². The number of hydrogen-bond donors (Lipinski definition) is 1. The van der Waals surface area contributed by atoms with Crippen molar-refractivity contribution in [3.8, 4) is 0 Å². The molecule has 16 heavy (non-hydrogen) atoms. The second-order valence-corrected chi connectivity index (χ2v) is 6.25. The van der Waals surface area contributed by atoms with E-state index in [0.717, 1.165) is 6.42 Å². The number of aryl methyl sites for hydroxylation is 1. The maximum absolute atomic E-state index is 5.53. The van der Waals surface area contributed by atoms with Crippen molar-refractivity contribution in [1.82, 2.24) is 20.2 Å². The molecule has 0 fully saturated rings. The van der Waals surface area contributed by atoms with Gasteiger partial charge in [0.15, 0.2) is 0 Å². The van der Waals surface area contributed by atoms with Crippen LogP contribution in [0.2, 0.25) is 6.04 Å². The summed E-state index contributed by atoms with van der Waals surface area (Å²) in [6.45, 7) is 0.615. The van der Waals surface area contributed by atoms with Crippen LogP contribution in [0.15, 0.2) is 0 Å². The second-order valence-electron chi connectivity index (χ2n) is 3.16. The average molecular weight is 247 g/mol. The Balaban J connectivity index is 2.42. The quantitative estimate of drug-likeness (QED) is 0.650. The van der Waals surface area contributed by atoms with Gasteiger partial charge in [-0.3, -0.25) is 0 Å². The van der Waals surface area contributed by atoms with E-state index in [0.29, 0.717) is 18.5 Å². The molecule has 8 nitrogen and oxygen atoms in total. The van der Waals surface area contributed by atoms with Gasteiger partial charge in [-0.05, 0) is 16.8 Å². The first-order chi connectivity index (χ1) is 7.67. The summed E-state index contributed by atoms with van der Waals surface area (Å²) in [6.07, 6.45) is 0.775. The maximum Gasteiger partial charge on any atom is 0.500 e. The van der Waals surface area contributed by atoms with Crippen molar-refractivity contribution in [3.63, 3.8) is 0 Å². The third kappa shape index (κ3) is 2.98. The summed E-state index contributed by atoms with van der Waals surface area (Å²) in [5.74, 6) is 0.305. The van der Waals surface area contributed by atoms with Crippen molar-refractivity contribution in [2.45, 2.75) is 19.0 Å². The number of anilines is 1. The normalized spacial score (nSPS) is 11.9. The van der Waals surface area contributed by atoms with Crippen molar-refractivity contribution in [3.05, 3.63) is 0 Å². The van der Waals surface area contributed by atoms with Crippen LogP contribution in [0, 0.1) is 0 Å². The molecule has 0 aliphatic rings. The predicted octanol–water partition coefficient (Wildman–Crippen LogP) is -0.476. The SMILES string of the molecule is CO[Si](CCCn1nnnc1N)(OC)OC. The van der Waals surface area contributed by atoms with Crippen LogP contribution in [-0.2, 0) is 19.8 Å². The van der Waals surface area contributed by atoms with Gasteiger partial charge in [0.25, 0.3) is 0 Å². The molecule has 0 unspecified atom stereocenters. The molecule has 0 aliphatic heterocycles. The first-order valence-electron chi connectivity index (χ1n) is 4.84. The fraction of sp³-hybridized carbons (Fsp3) is 0.857. The van der Waals surface area contributed by atoms with Gasteiger partial charge in [-0.25, -0.2) is 4.68 Å². The maximum atomic E-state index is 5.53. The Hall–Kier alpha value is -1.03. The molecule has 0 radical (unpaired) electrons. The van der Waals surface area contributed by atoms with Crippen LogP contribution in [0.5, 0.6) is 0 Å². The lowest BCUT2D eigenvalue weighted by Gasteiger charge is -2.24. The first-order valence-corrected chi connectivity index (χ1v) is 6.77. The number of nitrogen functional groups attached to an aromatic ring is 1. The largest absolute Gasteiger partial charge is 0.500 e. The molecule has 2 N–H and O–H groups in total. The van der Waals surface area contributed by atoms with Gasteiger partial charge in [-0.2, -0.15) is 0 Å². The molecule has 0 atom stereocenters. The summed E-state index contributed by atoms with van der Waals surface area (Å²) in [5.41, 5.74) is 5.53. The molecule has 0 spiro atoms. The molecule has 1 rings (SSSR count). The van der Waals surface area contributed by atoms with E-state index in [9.17, 15) is 0 Å². The van der Waals surface area contributed by atoms with Gasteiger partial charge in [-0.15, -0.1) is 0 Å². The van der Waals surface area contributed by atoms with Crippen molar-refractivity contribution < 1.29 is 13.3 Å². The third-order valence-electron chi connectivity index (χ3n) is 2.35. The van der Waals surface area contributed by atoms with E-state index in [1.54, 1.807) is 21.3 Å². The monoisotopic (exact) mass is 247 g/mol. The van der Waals surface area contributed by atoms with E-state index < -0.39 is 8.80 Å². The van der Waals surface area contributed by atoms with E-state index in [1.165, 1.54) is 4.68 Å². The van der Waals surface area contributed by atoms with Crippen molar-refractivity contribution >= 4 is 14.8 Å². The lowest BCUT2D eigenvalue weighted by molar-refractivity contribution is 0.122. The predicted molar refractivity (Wildman–Crippen MR) is 58.4 cm³/mol. The van der Waals surface area contributed by atoms with Gasteiger partial charge in [0.2, 0.25) is 5.95 Å². The lowest BCUT2D eigenvalue weighted by atomic mass is 10.5. The summed E-state index contributed by atoms with van der Waals surface area (Å²) in [7, 11) is 2.27. The first kappa shape index (κ1) is 13.0. The molecule has 92 valence electrons. The summed E-state index contributed by atoms with van der Waals surface area (Å²) >= 11 is 0. The molecule has 0 saturated heterocycles. The summed E-state index contributed by atoms with van der Waals surface area (Å²) in [5, 5.41) is 10.8. The number of hydrogen-bond acceptors (Lipinski definition) is 7. The Morgan fingerprint density at radius 3 is 2.31 bits per heavy atom. The van der Waals surface area contributed by atoms with Gasteiger partial charge >= 0.3 is 8.80 Å². The van der Waals surface area contributed by atoms with Crippen LogP contribution in [0.4, 0.5) is 5.95 Å². The van der Waals surface area contributed by atoms with Crippen molar-refractivity contribution in [2.24, 2.45) is 0 Å². The van der Waals surface area contributed by atoms with Crippen LogP contribution < -0.4 is 5.73 Å². The lowest BCUT2D eigenvalue weighted by Crippen LogP contribution is -2.42. The highest BCUT2D eigenvalue weighted by molar-refractivity contribution is 6.60. The minimum Gasteiger partial charge on any atom is -0.377 e. The minimum absolute atomic E-state index is 0.305. The highest BCUT2D eigenvalue weighted by Crippen LogP contribution is 2.15. The Morgan fingerprint density at radius 1 is 1.25 bits per heavy atom. The topological polar surface area (TPSA) is 97.3 Å². The fourth-order valence-corrected chi connectivity index (χ4v) is 3.08. The molecule has 0 aromatic carbocycles. The summed E-state index contributed by atoms with van der Waals surface area (Å²) < 4.78 is 17.4. The Kier molecular flexibility index (Phi) is 4.80. The molecular formula is C7H17N5O3Si. The molecule has 9 heteroatoms.